The van der Waals surface area contributed by atoms with Crippen LogP contribution in [0.15, 0.2) is 12.3 Å². The van der Waals surface area contributed by atoms with Crippen molar-refractivity contribution in [3.63, 3.8) is 0 Å². The third kappa shape index (κ3) is 4.32. The highest BCUT2D eigenvalue weighted by Gasteiger charge is 2.10. The van der Waals surface area contributed by atoms with Crippen LogP contribution in [-0.2, 0) is 0 Å². The predicted molar refractivity (Wildman–Crippen MR) is 46.2 cm³/mol. The van der Waals surface area contributed by atoms with Gasteiger partial charge in [0.25, 0.3) is 0 Å². The van der Waals surface area contributed by atoms with Crippen LogP contribution in [0, 0.1) is 11.5 Å². The highest BCUT2D eigenvalue weighted by Crippen LogP contribution is 1.98. The second-order valence-corrected chi connectivity index (χ2v) is 6.73. The number of alkyl halides is 1. The van der Waals surface area contributed by atoms with Gasteiger partial charge in [-0.2, -0.15) is 0 Å². The smallest absolute Gasteiger partial charge is 0.125 e. The highest BCUT2D eigenvalue weighted by atomic mass is 35.5. The molecule has 0 radical (unpaired) electrons. The van der Waals surface area contributed by atoms with E-state index in [1.807, 2.05) is 5.70 Å². The molecule has 0 heterocycles. The summed E-state index contributed by atoms with van der Waals surface area (Å²) in [6.07, 6.45) is 0. The Kier molecular flexibility index (Phi) is 3.68. The Hall–Kier alpha value is -0.193. The Balaban J connectivity index is 4.00. The second kappa shape index (κ2) is 3.76. The molecular formula is C7H11ClSi. The first-order valence-electron chi connectivity index (χ1n) is 2.82. The van der Waals surface area contributed by atoms with E-state index in [9.17, 15) is 0 Å². The van der Waals surface area contributed by atoms with Gasteiger partial charge in [-0.15, -0.1) is 23.7 Å². The minimum atomic E-state index is -1.38. The molecule has 0 aromatic rings. The minimum Gasteiger partial charge on any atom is -0.125 e. The molecule has 0 aliphatic heterocycles. The lowest BCUT2D eigenvalue weighted by Crippen LogP contribution is -2.19. The van der Waals surface area contributed by atoms with Gasteiger partial charge in [-0.1, -0.05) is 24.7 Å². The van der Waals surface area contributed by atoms with E-state index in [4.69, 9.17) is 11.6 Å². The Bertz CT molecular complexity index is 150. The number of halogens is 1. The molecule has 0 unspecified atom stereocenters. The van der Waals surface area contributed by atoms with Gasteiger partial charge in [-0.05, 0) is 0 Å². The monoisotopic (exact) mass is 158 g/mol. The van der Waals surface area contributed by atoms with Crippen molar-refractivity contribution in [2.24, 2.45) is 0 Å². The summed E-state index contributed by atoms with van der Waals surface area (Å²) in [5.41, 5.74) is 5.05. The van der Waals surface area contributed by atoms with Gasteiger partial charge in [0.05, 0.1) is 5.88 Å². The maximum Gasteiger partial charge on any atom is 0.155 e. The van der Waals surface area contributed by atoms with E-state index in [-0.39, 0.29) is 0 Å². The highest BCUT2D eigenvalue weighted by molar-refractivity contribution is 6.89. The van der Waals surface area contributed by atoms with Crippen molar-refractivity contribution in [2.45, 2.75) is 13.1 Å². The van der Waals surface area contributed by atoms with Crippen molar-refractivity contribution in [1.29, 1.82) is 0 Å². The van der Waals surface area contributed by atoms with Gasteiger partial charge in [-0.25, -0.2) is 0 Å². The fourth-order valence-electron chi connectivity index (χ4n) is 0.312. The minimum absolute atomic E-state index is 0.435. The van der Waals surface area contributed by atoms with Crippen LogP contribution in [0.4, 0.5) is 0 Å². The van der Waals surface area contributed by atoms with Gasteiger partial charge in [0, 0.05) is 0 Å². The van der Waals surface area contributed by atoms with Gasteiger partial charge >= 0.3 is 0 Å². The molecule has 2 heteroatoms. The van der Waals surface area contributed by atoms with Gasteiger partial charge in [0.15, 0.2) is 8.07 Å². The van der Waals surface area contributed by atoms with E-state index in [1.165, 1.54) is 0 Å². The zero-order valence-electron chi connectivity index (χ0n) is 5.87. The van der Waals surface area contributed by atoms with E-state index in [0.29, 0.717) is 5.88 Å². The third-order valence-electron chi connectivity index (χ3n) is 0.988. The summed E-state index contributed by atoms with van der Waals surface area (Å²) in [5, 5.41) is 0. The molecule has 0 amide bonds. The lowest BCUT2D eigenvalue weighted by molar-refractivity contribution is 1.86. The maximum atomic E-state index is 5.38. The molecule has 0 spiro atoms. The average Bonchev–Trinajstić information content (AvgIpc) is 1.84. The van der Waals surface area contributed by atoms with Crippen molar-refractivity contribution in [2.75, 3.05) is 5.88 Å². The Morgan fingerprint density at radius 1 is 1.67 bits per heavy atom. The van der Waals surface area contributed by atoms with Crippen molar-refractivity contribution in [1.82, 2.24) is 0 Å². The van der Waals surface area contributed by atoms with Crippen LogP contribution >= 0.6 is 11.6 Å². The fourth-order valence-corrected chi connectivity index (χ4v) is 1.14. The third-order valence-corrected chi connectivity index (χ3v) is 2.96. The summed E-state index contributed by atoms with van der Waals surface area (Å²) in [5.74, 6) is 3.28. The summed E-state index contributed by atoms with van der Waals surface area (Å²) in [6.45, 7) is 7.98. The largest absolute Gasteiger partial charge is 0.155 e. The van der Waals surface area contributed by atoms with Gasteiger partial charge in [0.1, 0.15) is 0 Å². The van der Waals surface area contributed by atoms with Gasteiger partial charge in [0.2, 0.25) is 0 Å². The molecule has 9 heavy (non-hydrogen) atoms. The second-order valence-electron chi connectivity index (χ2n) is 2.36. The molecule has 0 saturated heterocycles. The maximum absolute atomic E-state index is 5.38. The molecule has 0 aliphatic carbocycles. The van der Waals surface area contributed by atoms with Crippen LogP contribution in [0.3, 0.4) is 0 Å². The van der Waals surface area contributed by atoms with Crippen molar-refractivity contribution in [3.05, 3.63) is 12.3 Å². The van der Waals surface area contributed by atoms with E-state index in [1.54, 1.807) is 0 Å². The lowest BCUT2D eigenvalue weighted by Gasteiger charge is -2.04. The number of hydrogen-bond donors (Lipinski definition) is 0. The van der Waals surface area contributed by atoms with E-state index in [2.05, 4.69) is 31.1 Å². The molecule has 50 valence electrons. The van der Waals surface area contributed by atoms with E-state index in [0.717, 1.165) is 0 Å². The van der Waals surface area contributed by atoms with Crippen LogP contribution in [-0.4, -0.2) is 14.0 Å². The number of hydrogen-bond acceptors (Lipinski definition) is 0. The molecule has 0 aliphatic rings. The van der Waals surface area contributed by atoms with Gasteiger partial charge < -0.3 is 0 Å². The Morgan fingerprint density at radius 2 is 2.22 bits per heavy atom. The summed E-state index contributed by atoms with van der Waals surface area (Å²) in [7, 11) is -1.38. The molecule has 0 nitrogen and oxygen atoms in total. The zero-order valence-corrected chi connectivity index (χ0v) is 7.63. The molecule has 0 saturated carbocycles. The predicted octanol–water partition coefficient (Wildman–Crippen LogP) is 2.20. The first-order chi connectivity index (χ1) is 4.12. The summed E-state index contributed by atoms with van der Waals surface area (Å²) in [4.78, 5) is 0. The molecule has 0 aromatic carbocycles. The summed E-state index contributed by atoms with van der Waals surface area (Å²) in [6, 6.07) is 0. The quantitative estimate of drug-likeness (QED) is 0.312. The van der Waals surface area contributed by atoms with E-state index >= 15 is 0 Å². The molecule has 0 N–H and O–H groups in total. The zero-order chi connectivity index (χ0) is 7.33. The molecule has 0 rings (SSSR count). The molecule has 0 atom stereocenters. The van der Waals surface area contributed by atoms with Crippen molar-refractivity contribution in [3.8, 4) is 11.5 Å². The first kappa shape index (κ1) is 8.81. The molecule has 0 bridgehead atoms. The molecule has 0 aromatic heterocycles. The molecule has 0 fully saturated rings. The standard InChI is InChI=1S/C7H11ClSi/c1-4-9(2,3)7-5-6-8/h4H,1,6H2,2-3H3. The Labute approximate surface area is 62.9 Å². The van der Waals surface area contributed by atoms with Crippen LogP contribution in [0.5, 0.6) is 0 Å². The van der Waals surface area contributed by atoms with Crippen LogP contribution < -0.4 is 0 Å². The molecular weight excluding hydrogens is 148 g/mol. The van der Waals surface area contributed by atoms with Gasteiger partial charge in [-0.3, -0.25) is 0 Å². The number of rotatable bonds is 1. The van der Waals surface area contributed by atoms with Crippen LogP contribution in [0.25, 0.3) is 0 Å². The van der Waals surface area contributed by atoms with Crippen LogP contribution in [0.1, 0.15) is 0 Å². The van der Waals surface area contributed by atoms with Crippen molar-refractivity contribution < 1.29 is 0 Å². The lowest BCUT2D eigenvalue weighted by atomic mass is 10.8. The summed E-state index contributed by atoms with van der Waals surface area (Å²) < 4.78 is 0. The topological polar surface area (TPSA) is 0 Å². The van der Waals surface area contributed by atoms with Crippen molar-refractivity contribution >= 4 is 19.7 Å². The normalized spacial score (nSPS) is 9.67. The Morgan fingerprint density at radius 3 is 2.56 bits per heavy atom. The van der Waals surface area contributed by atoms with E-state index < -0.39 is 8.07 Å². The SMILES string of the molecule is C=C[Si](C)(C)C#CCCl. The first-order valence-corrected chi connectivity index (χ1v) is 6.43. The fraction of sp³-hybridized carbons (Fsp3) is 0.429. The average molecular weight is 159 g/mol. The summed E-state index contributed by atoms with van der Waals surface area (Å²) >= 11 is 5.38. The van der Waals surface area contributed by atoms with Crippen LogP contribution in [0.2, 0.25) is 13.1 Å².